The summed E-state index contributed by atoms with van der Waals surface area (Å²) in [5, 5.41) is 11.2. The van der Waals surface area contributed by atoms with Gasteiger partial charge in [-0.15, -0.1) is 11.3 Å². The maximum absolute atomic E-state index is 12.6. The molecule has 0 N–H and O–H groups in total. The molecule has 0 fully saturated rings. The average Bonchev–Trinajstić information content (AvgIpc) is 3.24. The van der Waals surface area contributed by atoms with Crippen LogP contribution in [0.4, 0.5) is 5.69 Å². The van der Waals surface area contributed by atoms with Crippen LogP contribution in [0.2, 0.25) is 0 Å². The summed E-state index contributed by atoms with van der Waals surface area (Å²) in [4.78, 5) is 30.6. The zero-order chi connectivity index (χ0) is 20.6. The molecule has 6 nitrogen and oxygen atoms in total. The van der Waals surface area contributed by atoms with E-state index in [0.717, 1.165) is 11.1 Å². The van der Waals surface area contributed by atoms with Gasteiger partial charge in [0.05, 0.1) is 12.5 Å². The Morgan fingerprint density at radius 2 is 1.86 bits per heavy atom. The third-order valence-corrected chi connectivity index (χ3v) is 5.05. The van der Waals surface area contributed by atoms with Gasteiger partial charge < -0.3 is 9.64 Å². The lowest BCUT2D eigenvalue weighted by atomic mass is 10.2. The second kappa shape index (κ2) is 9.62. The van der Waals surface area contributed by atoms with E-state index in [4.69, 9.17) is 10.00 Å². The third-order valence-electron chi connectivity index (χ3n) is 4.15. The molecule has 2 aromatic carbocycles. The number of nitrogens with zero attached hydrogens (tertiary/aromatic N) is 3. The molecule has 7 heteroatoms. The Morgan fingerprint density at radius 1 is 1.14 bits per heavy atom. The van der Waals surface area contributed by atoms with Crippen LogP contribution in [0, 0.1) is 18.3 Å². The van der Waals surface area contributed by atoms with E-state index in [-0.39, 0.29) is 18.7 Å². The number of hydrogen-bond donors (Lipinski definition) is 0. The molecule has 0 bridgehead atoms. The molecule has 0 aliphatic heterocycles. The fraction of sp³-hybridized carbons (Fsp3) is 0.182. The summed E-state index contributed by atoms with van der Waals surface area (Å²) in [7, 11) is 0. The number of anilines is 1. The van der Waals surface area contributed by atoms with Crippen molar-refractivity contribution in [3.63, 3.8) is 0 Å². The van der Waals surface area contributed by atoms with E-state index in [2.05, 4.69) is 4.98 Å². The molecule has 0 saturated carbocycles. The van der Waals surface area contributed by atoms with Gasteiger partial charge in [0.1, 0.15) is 5.01 Å². The molecular formula is C22H19N3O3S. The number of nitriles is 1. The number of para-hydroxylation sites is 1. The molecule has 0 aliphatic rings. The Hall–Kier alpha value is -3.50. The Bertz CT molecular complexity index is 1020. The molecule has 146 valence electrons. The first kappa shape index (κ1) is 20.2. The Morgan fingerprint density at radius 3 is 2.55 bits per heavy atom. The Labute approximate surface area is 173 Å². The lowest BCUT2D eigenvalue weighted by Crippen LogP contribution is -2.35. The van der Waals surface area contributed by atoms with Gasteiger partial charge in [-0.2, -0.15) is 5.26 Å². The van der Waals surface area contributed by atoms with Crippen LogP contribution >= 0.6 is 11.3 Å². The highest BCUT2D eigenvalue weighted by atomic mass is 32.1. The molecule has 1 aromatic heterocycles. The smallest absolute Gasteiger partial charge is 0.358 e. The molecule has 0 radical (unpaired) electrons. The van der Waals surface area contributed by atoms with Crippen molar-refractivity contribution in [2.45, 2.75) is 13.3 Å². The molecule has 29 heavy (non-hydrogen) atoms. The second-order valence-corrected chi connectivity index (χ2v) is 7.13. The zero-order valence-electron chi connectivity index (χ0n) is 15.9. The van der Waals surface area contributed by atoms with Gasteiger partial charge in [0.25, 0.3) is 5.91 Å². The third kappa shape index (κ3) is 5.27. The number of carbonyl (C=O) groups is 2. The summed E-state index contributed by atoms with van der Waals surface area (Å²) in [6.07, 6.45) is 0.181. The molecule has 0 saturated heterocycles. The monoisotopic (exact) mass is 405 g/mol. The van der Waals surface area contributed by atoms with Crippen LogP contribution in [-0.4, -0.2) is 30.0 Å². The number of benzene rings is 2. The number of aryl methyl sites for hydroxylation is 1. The van der Waals surface area contributed by atoms with Gasteiger partial charge in [0, 0.05) is 23.2 Å². The van der Waals surface area contributed by atoms with E-state index in [1.165, 1.54) is 16.2 Å². The van der Waals surface area contributed by atoms with Gasteiger partial charge in [-0.1, -0.05) is 48.0 Å². The fourth-order valence-corrected chi connectivity index (χ4v) is 3.44. The van der Waals surface area contributed by atoms with Gasteiger partial charge in [0.2, 0.25) is 0 Å². The van der Waals surface area contributed by atoms with Crippen LogP contribution in [0.1, 0.15) is 22.5 Å². The van der Waals surface area contributed by atoms with E-state index >= 15 is 0 Å². The summed E-state index contributed by atoms with van der Waals surface area (Å²) in [6.45, 7) is 1.81. The zero-order valence-corrected chi connectivity index (χ0v) is 16.7. The highest BCUT2D eigenvalue weighted by molar-refractivity contribution is 7.13. The molecule has 3 aromatic rings. The van der Waals surface area contributed by atoms with Crippen LogP contribution in [0.3, 0.4) is 0 Å². The highest BCUT2D eigenvalue weighted by Crippen LogP contribution is 2.24. The number of thiazole rings is 1. The lowest BCUT2D eigenvalue weighted by Gasteiger charge is -2.21. The van der Waals surface area contributed by atoms with Crippen LogP contribution in [-0.2, 0) is 9.53 Å². The molecular weight excluding hydrogens is 386 g/mol. The van der Waals surface area contributed by atoms with E-state index in [0.29, 0.717) is 10.7 Å². The largest absolute Gasteiger partial charge is 0.451 e. The van der Waals surface area contributed by atoms with Crippen LogP contribution in [0.5, 0.6) is 0 Å². The van der Waals surface area contributed by atoms with Crippen LogP contribution < -0.4 is 4.90 Å². The number of rotatable bonds is 7. The second-order valence-electron chi connectivity index (χ2n) is 6.27. The number of esters is 1. The molecule has 1 amide bonds. The van der Waals surface area contributed by atoms with Gasteiger partial charge in [-0.25, -0.2) is 9.78 Å². The maximum atomic E-state index is 12.6. The minimum absolute atomic E-state index is 0.168. The lowest BCUT2D eigenvalue weighted by molar-refractivity contribution is -0.121. The summed E-state index contributed by atoms with van der Waals surface area (Å²) >= 11 is 1.34. The van der Waals surface area contributed by atoms with Crippen molar-refractivity contribution in [1.29, 1.82) is 5.26 Å². The van der Waals surface area contributed by atoms with E-state index < -0.39 is 18.5 Å². The van der Waals surface area contributed by atoms with E-state index in [9.17, 15) is 9.59 Å². The van der Waals surface area contributed by atoms with E-state index in [1.807, 2.05) is 43.3 Å². The van der Waals surface area contributed by atoms with Crippen LogP contribution in [0.25, 0.3) is 10.6 Å². The van der Waals surface area contributed by atoms with E-state index in [1.54, 1.807) is 29.6 Å². The molecule has 0 spiro atoms. The predicted molar refractivity (Wildman–Crippen MR) is 112 cm³/mol. The standard InChI is InChI=1S/C22H19N3O3S/c1-16-8-10-17(11-9-16)21-24-19(15-29-21)22(27)28-14-20(26)25(13-5-12-23)18-6-3-2-4-7-18/h2-4,6-11,15H,5,13-14H2,1H3. The SMILES string of the molecule is Cc1ccc(-c2nc(C(=O)OCC(=O)N(CCC#N)c3ccccc3)cs2)cc1. The van der Waals surface area contributed by atoms with Gasteiger partial charge in [-0.3, -0.25) is 4.79 Å². The molecule has 0 aliphatic carbocycles. The summed E-state index contributed by atoms with van der Waals surface area (Å²) in [5.74, 6) is -1.05. The van der Waals surface area contributed by atoms with Crippen molar-refractivity contribution in [2.24, 2.45) is 0 Å². The van der Waals surface area contributed by atoms with Gasteiger partial charge in [0.15, 0.2) is 12.3 Å². The average molecular weight is 405 g/mol. The summed E-state index contributed by atoms with van der Waals surface area (Å²) < 4.78 is 5.17. The minimum Gasteiger partial charge on any atom is -0.451 e. The topological polar surface area (TPSA) is 83.3 Å². The number of ether oxygens (including phenoxy) is 1. The van der Waals surface area contributed by atoms with Crippen molar-refractivity contribution < 1.29 is 14.3 Å². The number of hydrogen-bond acceptors (Lipinski definition) is 6. The van der Waals surface area contributed by atoms with Crippen molar-refractivity contribution in [3.05, 3.63) is 71.2 Å². The van der Waals surface area contributed by atoms with Crippen molar-refractivity contribution in [3.8, 4) is 16.6 Å². The predicted octanol–water partition coefficient (Wildman–Crippen LogP) is 4.22. The molecule has 0 atom stereocenters. The Kier molecular flexibility index (Phi) is 6.72. The molecule has 0 unspecified atom stereocenters. The molecule has 1 heterocycles. The molecule has 3 rings (SSSR count). The fourth-order valence-electron chi connectivity index (χ4n) is 2.64. The first-order valence-electron chi connectivity index (χ1n) is 9.00. The number of aromatic nitrogens is 1. The minimum atomic E-state index is -0.652. The van der Waals surface area contributed by atoms with Crippen molar-refractivity contribution in [1.82, 2.24) is 4.98 Å². The maximum Gasteiger partial charge on any atom is 0.358 e. The quantitative estimate of drug-likeness (QED) is 0.550. The van der Waals surface area contributed by atoms with Gasteiger partial charge >= 0.3 is 5.97 Å². The summed E-state index contributed by atoms with van der Waals surface area (Å²) in [5.41, 5.74) is 2.88. The van der Waals surface area contributed by atoms with Crippen molar-refractivity contribution >= 4 is 28.9 Å². The van der Waals surface area contributed by atoms with Crippen LogP contribution in [0.15, 0.2) is 60.0 Å². The first-order valence-corrected chi connectivity index (χ1v) is 9.88. The number of amides is 1. The first-order chi connectivity index (χ1) is 14.1. The number of carbonyl (C=O) groups excluding carboxylic acids is 2. The summed E-state index contributed by atoms with van der Waals surface area (Å²) in [6, 6.07) is 18.9. The Balaban J connectivity index is 1.64. The van der Waals surface area contributed by atoms with Gasteiger partial charge in [-0.05, 0) is 19.1 Å². The normalized spacial score (nSPS) is 10.2. The van der Waals surface area contributed by atoms with Crippen molar-refractivity contribution in [2.75, 3.05) is 18.1 Å². The highest BCUT2D eigenvalue weighted by Gasteiger charge is 2.19.